The molecule has 1 atom stereocenters. The van der Waals surface area contributed by atoms with Gasteiger partial charge >= 0.3 is 6.61 Å². The van der Waals surface area contributed by atoms with Gasteiger partial charge in [0.25, 0.3) is 0 Å². The van der Waals surface area contributed by atoms with Crippen LogP contribution in [0.15, 0.2) is 48.5 Å². The number of alkyl halides is 2. The average molecular weight is 641 g/mol. The van der Waals surface area contributed by atoms with E-state index in [0.717, 1.165) is 18.2 Å². The maximum Gasteiger partial charge on any atom is 0.387 e. The largest absolute Gasteiger partial charge is 0.480 e. The van der Waals surface area contributed by atoms with Gasteiger partial charge in [-0.15, -0.1) is 0 Å². The van der Waals surface area contributed by atoms with E-state index in [9.17, 15) is 22.0 Å². The van der Waals surface area contributed by atoms with Crippen molar-refractivity contribution >= 4 is 27.3 Å². The summed E-state index contributed by atoms with van der Waals surface area (Å²) in [4.78, 5) is 12.3. The van der Waals surface area contributed by atoms with Gasteiger partial charge in [-0.1, -0.05) is 41.9 Å². The third kappa shape index (κ3) is 6.18. The van der Waals surface area contributed by atoms with Gasteiger partial charge in [-0.3, -0.25) is 4.79 Å². The number of rotatable bonds is 9. The molecule has 13 heteroatoms. The first-order chi connectivity index (χ1) is 20.3. The van der Waals surface area contributed by atoms with Crippen LogP contribution in [0.5, 0.6) is 11.5 Å². The number of amides is 1. The van der Waals surface area contributed by atoms with Crippen LogP contribution in [0.2, 0.25) is 5.02 Å². The number of nitrogens with one attached hydrogen (secondary N) is 1. The highest BCUT2D eigenvalue weighted by atomic mass is 35.5. The van der Waals surface area contributed by atoms with Crippen LogP contribution >= 0.6 is 11.6 Å². The Balaban J connectivity index is 1.57. The van der Waals surface area contributed by atoms with E-state index in [0.29, 0.717) is 31.2 Å². The van der Waals surface area contributed by atoms with E-state index in [1.807, 2.05) is 18.2 Å². The number of ether oxygens (including phenoxy) is 2. The Morgan fingerprint density at radius 1 is 1.12 bits per heavy atom. The third-order valence-electron chi connectivity index (χ3n) is 8.15. The summed E-state index contributed by atoms with van der Waals surface area (Å²) in [5.41, 5.74) is 4.06. The molecule has 1 amide bonds. The van der Waals surface area contributed by atoms with Crippen LogP contribution in [0.25, 0.3) is 11.1 Å². The van der Waals surface area contributed by atoms with E-state index in [1.165, 1.54) is 6.26 Å². The quantitative estimate of drug-likeness (QED) is 0.288. The molecule has 1 aliphatic heterocycles. The van der Waals surface area contributed by atoms with E-state index < -0.39 is 66.7 Å². The predicted molar refractivity (Wildman–Crippen MR) is 153 cm³/mol. The average Bonchev–Trinajstić information content (AvgIpc) is 3.33. The van der Waals surface area contributed by atoms with Gasteiger partial charge < -0.3 is 20.5 Å². The van der Waals surface area contributed by atoms with Crippen LogP contribution in [0.3, 0.4) is 0 Å². The number of sulfone groups is 1. The number of carbonyl (C=O) groups excluding carboxylic acids is 1. The lowest BCUT2D eigenvalue weighted by molar-refractivity contribution is -0.0521. The molecular formula is C30H29ClF4N2O5S. The topological polar surface area (TPSA) is 108 Å². The van der Waals surface area contributed by atoms with Gasteiger partial charge in [0.15, 0.2) is 17.2 Å². The summed E-state index contributed by atoms with van der Waals surface area (Å²) >= 11 is 6.40. The minimum Gasteiger partial charge on any atom is -0.480 e. The molecule has 7 nitrogen and oxygen atoms in total. The number of hydrogen-bond donors (Lipinski definition) is 2. The minimum absolute atomic E-state index is 0.0206. The molecule has 43 heavy (non-hydrogen) atoms. The Hall–Kier alpha value is -3.35. The first-order valence-electron chi connectivity index (χ1n) is 13.6. The van der Waals surface area contributed by atoms with Crippen molar-refractivity contribution in [3.63, 3.8) is 0 Å². The summed E-state index contributed by atoms with van der Waals surface area (Å²) in [5.74, 6) is -4.28. The van der Waals surface area contributed by atoms with Gasteiger partial charge in [-0.2, -0.15) is 8.78 Å². The lowest BCUT2D eigenvalue weighted by Gasteiger charge is -2.34. The molecule has 3 aromatic carbocycles. The number of hydrogen-bond acceptors (Lipinski definition) is 6. The number of nitrogens with two attached hydrogens (primary N) is 1. The number of fused-ring (bicyclic) bond motifs is 1. The van der Waals surface area contributed by atoms with Crippen molar-refractivity contribution in [2.24, 2.45) is 5.73 Å². The van der Waals surface area contributed by atoms with Gasteiger partial charge in [0.1, 0.15) is 21.4 Å². The smallest absolute Gasteiger partial charge is 0.387 e. The van der Waals surface area contributed by atoms with Crippen LogP contribution in [0.1, 0.15) is 47.2 Å². The molecule has 0 unspecified atom stereocenters. The van der Waals surface area contributed by atoms with Crippen LogP contribution in [-0.4, -0.2) is 45.0 Å². The molecule has 0 bridgehead atoms. The summed E-state index contributed by atoms with van der Waals surface area (Å²) in [7, 11) is -3.15. The van der Waals surface area contributed by atoms with Crippen molar-refractivity contribution in [1.29, 1.82) is 0 Å². The Kier molecular flexibility index (Phi) is 8.65. The highest BCUT2D eigenvalue weighted by Gasteiger charge is 2.45. The molecule has 1 fully saturated rings. The van der Waals surface area contributed by atoms with Crippen molar-refractivity contribution in [2.75, 3.05) is 12.8 Å². The molecule has 1 heterocycles. The molecule has 0 saturated heterocycles. The molecule has 1 aliphatic carbocycles. The monoisotopic (exact) mass is 640 g/mol. The van der Waals surface area contributed by atoms with E-state index in [2.05, 4.69) is 10.1 Å². The zero-order valence-electron chi connectivity index (χ0n) is 23.0. The SMILES string of the molecule is CS(=O)(=O)C1CCC(NC[C@@]2(c3ccccc3)Cc3c(cc(F)c(Cl)c3-c3c(C(N)=O)ccc(OC(F)F)c3F)O2)CC1. The zero-order chi connectivity index (χ0) is 31.1. The van der Waals surface area contributed by atoms with Gasteiger partial charge in [0.05, 0.1) is 15.8 Å². The molecular weight excluding hydrogens is 612 g/mol. The van der Waals surface area contributed by atoms with E-state index in [4.69, 9.17) is 22.1 Å². The maximum atomic E-state index is 15.8. The molecule has 0 spiro atoms. The first kappa shape index (κ1) is 31.1. The Morgan fingerprint density at radius 3 is 2.40 bits per heavy atom. The van der Waals surface area contributed by atoms with Gasteiger partial charge in [-0.05, 0) is 43.4 Å². The van der Waals surface area contributed by atoms with E-state index in [-0.39, 0.29) is 35.9 Å². The zero-order valence-corrected chi connectivity index (χ0v) is 24.6. The number of primary amides is 1. The van der Waals surface area contributed by atoms with Crippen molar-refractivity contribution in [2.45, 2.75) is 55.6 Å². The lowest BCUT2D eigenvalue weighted by atomic mass is 9.84. The van der Waals surface area contributed by atoms with Crippen LogP contribution in [0, 0.1) is 11.6 Å². The second-order valence-electron chi connectivity index (χ2n) is 10.9. The summed E-state index contributed by atoms with van der Waals surface area (Å²) < 4.78 is 91.9. The fourth-order valence-corrected chi connectivity index (χ4v) is 7.39. The Morgan fingerprint density at radius 2 is 1.79 bits per heavy atom. The molecule has 0 radical (unpaired) electrons. The Labute approximate surface area is 251 Å². The molecule has 3 aromatic rings. The second-order valence-corrected chi connectivity index (χ2v) is 13.6. The van der Waals surface area contributed by atoms with Gasteiger partial charge in [0, 0.05) is 48.0 Å². The molecule has 1 saturated carbocycles. The van der Waals surface area contributed by atoms with Crippen LogP contribution in [-0.2, 0) is 21.9 Å². The molecule has 0 aromatic heterocycles. The summed E-state index contributed by atoms with van der Waals surface area (Å²) in [6.07, 6.45) is 3.52. The fraction of sp³-hybridized carbons (Fsp3) is 0.367. The van der Waals surface area contributed by atoms with Crippen LogP contribution in [0.4, 0.5) is 17.6 Å². The van der Waals surface area contributed by atoms with Gasteiger partial charge in [-0.25, -0.2) is 17.2 Å². The van der Waals surface area contributed by atoms with Crippen molar-refractivity contribution in [3.8, 4) is 22.6 Å². The minimum atomic E-state index is -3.37. The lowest BCUT2D eigenvalue weighted by Crippen LogP contribution is -2.47. The van der Waals surface area contributed by atoms with E-state index >= 15 is 8.78 Å². The predicted octanol–water partition coefficient (Wildman–Crippen LogP) is 5.76. The molecule has 5 rings (SSSR count). The van der Waals surface area contributed by atoms with Crippen molar-refractivity contribution in [1.82, 2.24) is 5.32 Å². The number of halogens is 5. The standard InChI is InChI=1S/C30H29ClF4N2O5S/c1-43(39,40)18-9-7-17(8-10-18)37-15-30(16-5-3-2-4-6-16)14-20-23(42-30)13-21(32)26(31)24(20)25-19(28(36)38)11-12-22(27(25)33)41-29(34)35/h2-6,11-13,17-18,29,37H,7-10,14-15H2,1H3,(H2,36,38)/t17?,18?,30-/m1/s1. The second kappa shape index (κ2) is 12.0. The van der Waals surface area contributed by atoms with Crippen molar-refractivity contribution < 1.29 is 40.2 Å². The highest BCUT2D eigenvalue weighted by molar-refractivity contribution is 7.91. The Bertz CT molecular complexity index is 1650. The third-order valence-corrected chi connectivity index (χ3v) is 10.2. The molecule has 230 valence electrons. The summed E-state index contributed by atoms with van der Waals surface area (Å²) in [5, 5.41) is 2.53. The first-order valence-corrected chi connectivity index (χ1v) is 15.9. The number of carbonyl (C=O) groups is 1. The highest BCUT2D eigenvalue weighted by Crippen LogP contribution is 2.50. The van der Waals surface area contributed by atoms with Crippen LogP contribution < -0.4 is 20.5 Å². The molecule has 3 N–H and O–H groups in total. The fourth-order valence-electron chi connectivity index (χ4n) is 6.00. The summed E-state index contributed by atoms with van der Waals surface area (Å²) in [6.45, 7) is -3.17. The van der Waals surface area contributed by atoms with E-state index in [1.54, 1.807) is 12.1 Å². The summed E-state index contributed by atoms with van der Waals surface area (Å²) in [6, 6.07) is 11.9. The normalized spacial score (nSPS) is 21.8. The number of benzene rings is 3. The van der Waals surface area contributed by atoms with Crippen molar-refractivity contribution in [3.05, 3.63) is 81.9 Å². The maximum absolute atomic E-state index is 15.8. The van der Waals surface area contributed by atoms with Gasteiger partial charge in [0.2, 0.25) is 5.91 Å². The molecule has 2 aliphatic rings.